The summed E-state index contributed by atoms with van der Waals surface area (Å²) >= 11 is 0. The highest BCUT2D eigenvalue weighted by Crippen LogP contribution is 2.11. The van der Waals surface area contributed by atoms with Crippen LogP contribution in [0.1, 0.15) is 25.8 Å². The smallest absolute Gasteiger partial charge is 0.308 e. The van der Waals surface area contributed by atoms with E-state index in [-0.39, 0.29) is 18.1 Å². The molecule has 1 aromatic rings. The summed E-state index contributed by atoms with van der Waals surface area (Å²) in [5.74, 6) is -1.39. The fourth-order valence-electron chi connectivity index (χ4n) is 2.07. The third kappa shape index (κ3) is 5.77. The topological polar surface area (TPSA) is 72.5 Å². The van der Waals surface area contributed by atoms with Crippen LogP contribution in [0.4, 0.5) is 0 Å². The van der Waals surface area contributed by atoms with Crippen LogP contribution in [0.15, 0.2) is 30.3 Å². The molecule has 0 aliphatic rings. The van der Waals surface area contributed by atoms with Crippen LogP contribution in [0.2, 0.25) is 0 Å². The van der Waals surface area contributed by atoms with Gasteiger partial charge in [0.1, 0.15) is 0 Å². The van der Waals surface area contributed by atoms with E-state index < -0.39 is 17.9 Å². The lowest BCUT2D eigenvalue weighted by Gasteiger charge is -2.18. The Labute approximate surface area is 124 Å². The molecule has 2 atom stereocenters. The lowest BCUT2D eigenvalue weighted by molar-refractivity contribution is -0.146. The number of ketones is 1. The molecule has 0 aliphatic carbocycles. The number of hydrogen-bond donors (Lipinski definition) is 1. The maximum absolute atomic E-state index is 12.3. The minimum atomic E-state index is -0.628. The Balaban J connectivity index is 2.75. The highest BCUT2D eigenvalue weighted by molar-refractivity contribution is 5.91. The molecule has 21 heavy (non-hydrogen) atoms. The summed E-state index contributed by atoms with van der Waals surface area (Å²) < 4.78 is 4.61. The standard InChI is InChI=1S/C16H21NO4/c1-11(16(20)21-3)9-15(19)14(17-12(2)18)10-13-7-5-4-6-8-13/h4-8,11,14H,9-10H2,1-3H3,(H,17,18). The Kier molecular flexibility index (Phi) is 6.59. The second kappa shape index (κ2) is 8.19. The SMILES string of the molecule is COC(=O)C(C)CC(=O)C(Cc1ccccc1)NC(C)=O. The molecule has 0 aliphatic heterocycles. The van der Waals surface area contributed by atoms with Gasteiger partial charge in [-0.3, -0.25) is 14.4 Å². The Morgan fingerprint density at radius 1 is 1.19 bits per heavy atom. The molecule has 0 heterocycles. The fraction of sp³-hybridized carbons (Fsp3) is 0.438. The molecular weight excluding hydrogens is 270 g/mol. The van der Waals surface area contributed by atoms with Gasteiger partial charge in [-0.1, -0.05) is 37.3 Å². The maximum Gasteiger partial charge on any atom is 0.308 e. The third-order valence-electron chi connectivity index (χ3n) is 3.16. The van der Waals surface area contributed by atoms with Crippen LogP contribution in [0.5, 0.6) is 0 Å². The van der Waals surface area contributed by atoms with Crippen LogP contribution in [-0.2, 0) is 25.5 Å². The monoisotopic (exact) mass is 291 g/mol. The molecule has 0 spiro atoms. The van der Waals surface area contributed by atoms with E-state index in [0.29, 0.717) is 6.42 Å². The van der Waals surface area contributed by atoms with Crippen molar-refractivity contribution in [1.29, 1.82) is 0 Å². The molecule has 1 rings (SSSR count). The van der Waals surface area contributed by atoms with Crippen molar-refractivity contribution in [2.24, 2.45) is 5.92 Å². The molecule has 5 heteroatoms. The van der Waals surface area contributed by atoms with Gasteiger partial charge in [0.2, 0.25) is 5.91 Å². The first-order chi connectivity index (χ1) is 9.93. The summed E-state index contributed by atoms with van der Waals surface area (Å²) in [6.45, 7) is 3.01. The van der Waals surface area contributed by atoms with E-state index in [1.807, 2.05) is 30.3 Å². The number of ether oxygens (including phenoxy) is 1. The number of esters is 1. The van der Waals surface area contributed by atoms with E-state index in [0.717, 1.165) is 5.56 Å². The third-order valence-corrected chi connectivity index (χ3v) is 3.16. The van der Waals surface area contributed by atoms with Crippen LogP contribution in [0.25, 0.3) is 0 Å². The van der Waals surface area contributed by atoms with Crippen LogP contribution in [0.3, 0.4) is 0 Å². The van der Waals surface area contributed by atoms with E-state index in [1.54, 1.807) is 6.92 Å². The zero-order chi connectivity index (χ0) is 15.8. The number of carbonyl (C=O) groups is 3. The molecule has 5 nitrogen and oxygen atoms in total. The van der Waals surface area contributed by atoms with Crippen LogP contribution in [0, 0.1) is 5.92 Å². The number of rotatable bonds is 7. The van der Waals surface area contributed by atoms with Crippen molar-refractivity contribution in [1.82, 2.24) is 5.32 Å². The predicted octanol–water partition coefficient (Wildman–Crippen LogP) is 1.50. The van der Waals surface area contributed by atoms with Gasteiger partial charge >= 0.3 is 5.97 Å². The minimum Gasteiger partial charge on any atom is -0.469 e. The Morgan fingerprint density at radius 3 is 2.33 bits per heavy atom. The van der Waals surface area contributed by atoms with Crippen molar-refractivity contribution in [2.75, 3.05) is 7.11 Å². The maximum atomic E-state index is 12.3. The molecule has 0 radical (unpaired) electrons. The molecule has 0 saturated carbocycles. The van der Waals surface area contributed by atoms with Gasteiger partial charge < -0.3 is 10.1 Å². The average Bonchev–Trinajstić information content (AvgIpc) is 2.46. The molecule has 0 saturated heterocycles. The first kappa shape index (κ1) is 16.9. The Hall–Kier alpha value is -2.17. The average molecular weight is 291 g/mol. The minimum absolute atomic E-state index is 0.0461. The number of nitrogens with one attached hydrogen (secondary N) is 1. The number of hydrogen-bond acceptors (Lipinski definition) is 4. The number of carbonyl (C=O) groups excluding carboxylic acids is 3. The second-order valence-electron chi connectivity index (χ2n) is 5.04. The zero-order valence-corrected chi connectivity index (χ0v) is 12.6. The van der Waals surface area contributed by atoms with Crippen molar-refractivity contribution in [3.63, 3.8) is 0 Å². The van der Waals surface area contributed by atoms with Crippen molar-refractivity contribution in [2.45, 2.75) is 32.7 Å². The second-order valence-corrected chi connectivity index (χ2v) is 5.04. The first-order valence-electron chi connectivity index (χ1n) is 6.85. The van der Waals surface area contributed by atoms with Gasteiger partial charge in [0.25, 0.3) is 0 Å². The molecule has 1 N–H and O–H groups in total. The van der Waals surface area contributed by atoms with Crippen LogP contribution in [-0.4, -0.2) is 30.8 Å². The fourth-order valence-corrected chi connectivity index (χ4v) is 2.07. The largest absolute Gasteiger partial charge is 0.469 e. The quantitative estimate of drug-likeness (QED) is 0.773. The Morgan fingerprint density at radius 2 is 1.81 bits per heavy atom. The summed E-state index contributed by atoms with van der Waals surface area (Å²) in [5, 5.41) is 2.65. The lowest BCUT2D eigenvalue weighted by atomic mass is 9.95. The molecule has 2 unspecified atom stereocenters. The predicted molar refractivity (Wildman–Crippen MR) is 78.6 cm³/mol. The lowest BCUT2D eigenvalue weighted by Crippen LogP contribution is -2.42. The van der Waals surface area contributed by atoms with E-state index in [1.165, 1.54) is 14.0 Å². The highest BCUT2D eigenvalue weighted by atomic mass is 16.5. The highest BCUT2D eigenvalue weighted by Gasteiger charge is 2.24. The van der Waals surface area contributed by atoms with Gasteiger partial charge in [-0.25, -0.2) is 0 Å². The summed E-state index contributed by atoms with van der Waals surface area (Å²) in [7, 11) is 1.29. The van der Waals surface area contributed by atoms with Gasteiger partial charge in [-0.2, -0.15) is 0 Å². The van der Waals surface area contributed by atoms with E-state index in [9.17, 15) is 14.4 Å². The van der Waals surface area contributed by atoms with E-state index in [4.69, 9.17) is 0 Å². The molecular formula is C16H21NO4. The van der Waals surface area contributed by atoms with Gasteiger partial charge in [0.15, 0.2) is 5.78 Å². The van der Waals surface area contributed by atoms with Gasteiger partial charge in [0, 0.05) is 13.3 Å². The first-order valence-corrected chi connectivity index (χ1v) is 6.85. The number of methoxy groups -OCH3 is 1. The van der Waals surface area contributed by atoms with E-state index in [2.05, 4.69) is 10.1 Å². The number of Topliss-reactive ketones (excluding diaryl/α,β-unsaturated/α-hetero) is 1. The Bertz CT molecular complexity index is 498. The normalized spacial score (nSPS) is 13.1. The van der Waals surface area contributed by atoms with Crippen molar-refractivity contribution >= 4 is 17.7 Å². The molecule has 0 fully saturated rings. The summed E-state index contributed by atoms with van der Waals surface area (Å²) in [6.07, 6.45) is 0.456. The molecule has 0 bridgehead atoms. The van der Waals surface area contributed by atoms with Gasteiger partial charge in [0.05, 0.1) is 19.1 Å². The summed E-state index contributed by atoms with van der Waals surface area (Å²) in [6, 6.07) is 8.80. The van der Waals surface area contributed by atoms with Crippen LogP contribution < -0.4 is 5.32 Å². The van der Waals surface area contributed by atoms with E-state index >= 15 is 0 Å². The van der Waals surface area contributed by atoms with Crippen LogP contribution >= 0.6 is 0 Å². The molecule has 1 amide bonds. The van der Waals surface area contributed by atoms with Gasteiger partial charge in [-0.15, -0.1) is 0 Å². The molecule has 0 aromatic heterocycles. The molecule has 114 valence electrons. The summed E-state index contributed by atoms with van der Waals surface area (Å²) in [4.78, 5) is 34.9. The summed E-state index contributed by atoms with van der Waals surface area (Å²) in [5.41, 5.74) is 0.954. The van der Waals surface area contributed by atoms with Gasteiger partial charge in [-0.05, 0) is 12.0 Å². The van der Waals surface area contributed by atoms with Crippen molar-refractivity contribution in [3.8, 4) is 0 Å². The van der Waals surface area contributed by atoms with Crippen molar-refractivity contribution < 1.29 is 19.1 Å². The number of benzene rings is 1. The number of amides is 1. The molecule has 1 aromatic carbocycles. The zero-order valence-electron chi connectivity index (χ0n) is 12.6. The van der Waals surface area contributed by atoms with Crippen molar-refractivity contribution in [3.05, 3.63) is 35.9 Å².